The van der Waals surface area contributed by atoms with Gasteiger partial charge in [0.1, 0.15) is 0 Å². The van der Waals surface area contributed by atoms with Crippen LogP contribution in [0.2, 0.25) is 0 Å². The number of fused-ring (bicyclic) bond motifs is 10. The summed E-state index contributed by atoms with van der Waals surface area (Å²) >= 11 is 0. The molecule has 55 heavy (non-hydrogen) atoms. The maximum absolute atomic E-state index is 13.6. The number of carbonyl (C=O) groups excluding carboxylic acids is 2. The van der Waals surface area contributed by atoms with E-state index in [-0.39, 0.29) is 22.7 Å². The molecule has 8 rings (SSSR count). The molecule has 0 saturated heterocycles. The second-order valence-corrected chi connectivity index (χ2v) is 13.2. The third-order valence-electron chi connectivity index (χ3n) is 9.86. The number of nitrogens with zero attached hydrogens (tertiary/aromatic N) is 2. The van der Waals surface area contributed by atoms with Crippen LogP contribution >= 0.6 is 0 Å². The molecule has 10 nitrogen and oxygen atoms in total. The van der Waals surface area contributed by atoms with Crippen molar-refractivity contribution in [3.8, 4) is 22.5 Å². The molecule has 2 aromatic heterocycles. The van der Waals surface area contributed by atoms with E-state index in [2.05, 4.69) is 10.6 Å². The molecular weight excluding hydrogens is 713 g/mol. The molecule has 13 heteroatoms. The Kier molecular flexibility index (Phi) is 10.3. The van der Waals surface area contributed by atoms with Gasteiger partial charge in [-0.25, -0.2) is 4.79 Å². The zero-order valence-corrected chi connectivity index (χ0v) is 29.4. The van der Waals surface area contributed by atoms with Crippen molar-refractivity contribution in [1.82, 2.24) is 19.8 Å². The highest BCUT2D eigenvalue weighted by atomic mass is 19.4. The summed E-state index contributed by atoms with van der Waals surface area (Å²) < 4.78 is 35.3. The lowest BCUT2D eigenvalue weighted by Crippen LogP contribution is -2.31. The summed E-state index contributed by atoms with van der Waals surface area (Å²) in [6, 6.07) is 29.8. The van der Waals surface area contributed by atoms with Gasteiger partial charge in [-0.3, -0.25) is 19.2 Å². The first-order chi connectivity index (χ1) is 26.5. The lowest BCUT2D eigenvalue weighted by atomic mass is 10.0. The molecular formula is C42H35F3N4O6. The summed E-state index contributed by atoms with van der Waals surface area (Å²) in [6.45, 7) is 3.95. The first kappa shape index (κ1) is 37.1. The van der Waals surface area contributed by atoms with Crippen LogP contribution in [-0.2, 0) is 17.9 Å². The fraction of sp³-hybridized carbons (Fsp3) is 0.214. The Labute approximate surface area is 311 Å². The molecule has 0 fully saturated rings. The van der Waals surface area contributed by atoms with Crippen LogP contribution in [0.15, 0.2) is 107 Å². The zero-order chi connectivity index (χ0) is 38.9. The van der Waals surface area contributed by atoms with Crippen LogP contribution in [0, 0.1) is 0 Å². The van der Waals surface area contributed by atoms with Crippen LogP contribution in [0.3, 0.4) is 0 Å². The highest BCUT2D eigenvalue weighted by Crippen LogP contribution is 2.40. The Bertz CT molecular complexity index is 2460. The van der Waals surface area contributed by atoms with E-state index < -0.39 is 12.1 Å². The number of ketones is 2. The van der Waals surface area contributed by atoms with Crippen LogP contribution in [0.5, 0.6) is 0 Å². The predicted molar refractivity (Wildman–Crippen MR) is 203 cm³/mol. The van der Waals surface area contributed by atoms with Gasteiger partial charge >= 0.3 is 12.1 Å². The largest absolute Gasteiger partial charge is 0.490 e. The average molecular weight is 749 g/mol. The Morgan fingerprint density at radius 1 is 0.527 bits per heavy atom. The van der Waals surface area contributed by atoms with E-state index in [0.717, 1.165) is 61.5 Å². The number of carboxylic acid groups (broad SMARTS) is 1. The third-order valence-corrected chi connectivity index (χ3v) is 9.86. The number of nitrogens with one attached hydrogen (secondary N) is 2. The molecule has 4 aromatic carbocycles. The number of halogens is 3. The number of pyridine rings is 2. The summed E-state index contributed by atoms with van der Waals surface area (Å²) in [7, 11) is 0. The van der Waals surface area contributed by atoms with Crippen molar-refractivity contribution < 1.29 is 32.7 Å². The zero-order valence-electron chi connectivity index (χ0n) is 29.4. The number of carboxylic acids is 1. The Morgan fingerprint density at radius 3 is 1.22 bits per heavy atom. The van der Waals surface area contributed by atoms with Gasteiger partial charge in [0, 0.05) is 70.0 Å². The van der Waals surface area contributed by atoms with Crippen molar-refractivity contribution in [3.63, 3.8) is 0 Å². The molecule has 0 atom stereocenters. The van der Waals surface area contributed by atoms with Gasteiger partial charge in [0.15, 0.2) is 11.6 Å². The number of alkyl halides is 3. The van der Waals surface area contributed by atoms with Gasteiger partial charge in [-0.05, 0) is 38.1 Å². The minimum absolute atomic E-state index is 0.0251. The summed E-state index contributed by atoms with van der Waals surface area (Å²) in [4.78, 5) is 62.8. The van der Waals surface area contributed by atoms with Crippen LogP contribution in [-0.4, -0.2) is 64.1 Å². The minimum Gasteiger partial charge on any atom is -0.475 e. The third kappa shape index (κ3) is 6.88. The normalized spacial score (nSPS) is 12.6. The monoisotopic (exact) mass is 748 g/mol. The maximum atomic E-state index is 13.6. The number of hydrogen-bond donors (Lipinski definition) is 3. The average Bonchev–Trinajstić information content (AvgIpc) is 3.65. The summed E-state index contributed by atoms with van der Waals surface area (Å²) in [5, 5.41) is 16.6. The van der Waals surface area contributed by atoms with Crippen LogP contribution in [0.25, 0.3) is 44.1 Å². The van der Waals surface area contributed by atoms with Gasteiger partial charge in [-0.15, -0.1) is 0 Å². The van der Waals surface area contributed by atoms with E-state index in [1.54, 1.807) is 21.3 Å². The summed E-state index contributed by atoms with van der Waals surface area (Å²) in [5.41, 5.74) is 5.50. The van der Waals surface area contributed by atoms with Crippen LogP contribution in [0.1, 0.15) is 44.7 Å². The van der Waals surface area contributed by atoms with Crippen molar-refractivity contribution in [3.05, 3.63) is 140 Å². The molecule has 0 spiro atoms. The highest BCUT2D eigenvalue weighted by Gasteiger charge is 2.38. The first-order valence-electron chi connectivity index (χ1n) is 17.8. The molecule has 0 aliphatic heterocycles. The summed E-state index contributed by atoms with van der Waals surface area (Å²) in [6.07, 6.45) is -3.62. The number of benzene rings is 4. The Hall–Kier alpha value is -6.18. The van der Waals surface area contributed by atoms with E-state index in [1.807, 2.05) is 84.9 Å². The van der Waals surface area contributed by atoms with Crippen molar-refractivity contribution in [2.75, 3.05) is 26.2 Å². The van der Waals surface area contributed by atoms with Crippen molar-refractivity contribution in [1.29, 1.82) is 0 Å². The number of aliphatic carboxylic acids is 1. The molecule has 2 heterocycles. The molecule has 0 amide bonds. The molecule has 6 aromatic rings. The van der Waals surface area contributed by atoms with Gasteiger partial charge < -0.3 is 24.9 Å². The topological polar surface area (TPSA) is 140 Å². The van der Waals surface area contributed by atoms with E-state index in [4.69, 9.17) is 9.90 Å². The second kappa shape index (κ2) is 15.3. The Balaban J connectivity index is 0.000000609. The van der Waals surface area contributed by atoms with Crippen LogP contribution in [0.4, 0.5) is 13.2 Å². The van der Waals surface area contributed by atoms with Gasteiger partial charge in [0.2, 0.25) is 0 Å². The minimum atomic E-state index is -5.08. The van der Waals surface area contributed by atoms with Gasteiger partial charge in [-0.1, -0.05) is 84.9 Å². The van der Waals surface area contributed by atoms with E-state index in [9.17, 15) is 32.3 Å². The SMILES string of the molecule is O=C(O)C(F)(F)F.O=C1c2ccccc2-c2c1c1ccccc1c(=O)n2CCCNCCNCCCn1c2c(c3ccccc3c1=O)C(=O)c1ccccc1-2. The molecule has 280 valence electrons. The molecule has 0 radical (unpaired) electrons. The van der Waals surface area contributed by atoms with Crippen LogP contribution < -0.4 is 21.8 Å². The first-order valence-corrected chi connectivity index (χ1v) is 17.8. The van der Waals surface area contributed by atoms with Crippen molar-refractivity contribution in [2.24, 2.45) is 0 Å². The molecule has 0 saturated carbocycles. The smallest absolute Gasteiger partial charge is 0.475 e. The molecule has 0 unspecified atom stereocenters. The van der Waals surface area contributed by atoms with Gasteiger partial charge in [-0.2, -0.15) is 13.2 Å². The molecule has 2 aliphatic rings. The number of aromatic nitrogens is 2. The standard InChI is InChI=1S/C40H34N4O4.C2HF3O2/c45-37-29-15-5-3-13-27(29)35-33(37)25-11-1-7-17-31(25)39(47)43(35)23-9-19-41-21-22-42-20-10-24-44-36-28-14-4-6-16-30(28)38(46)34(36)26-12-2-8-18-32(26)40(44)48;3-2(4,5)1(6)7/h1-8,11-18,41-42H,9-10,19-24H2;(H,6,7). The fourth-order valence-electron chi connectivity index (χ4n) is 7.44. The van der Waals surface area contributed by atoms with E-state index in [0.29, 0.717) is 56.9 Å². The van der Waals surface area contributed by atoms with Crippen molar-refractivity contribution >= 4 is 39.1 Å². The lowest BCUT2D eigenvalue weighted by molar-refractivity contribution is -0.192. The highest BCUT2D eigenvalue weighted by molar-refractivity contribution is 6.27. The maximum Gasteiger partial charge on any atom is 0.490 e. The number of carbonyl (C=O) groups is 3. The summed E-state index contributed by atoms with van der Waals surface area (Å²) in [5.74, 6) is -2.81. The second-order valence-electron chi connectivity index (χ2n) is 13.2. The van der Waals surface area contributed by atoms with E-state index in [1.165, 1.54) is 0 Å². The number of hydrogen-bond acceptors (Lipinski definition) is 7. The fourth-order valence-corrected chi connectivity index (χ4v) is 7.44. The van der Waals surface area contributed by atoms with E-state index >= 15 is 0 Å². The molecule has 0 bridgehead atoms. The Morgan fingerprint density at radius 2 is 0.855 bits per heavy atom. The predicted octanol–water partition coefficient (Wildman–Crippen LogP) is 6.03. The number of rotatable bonds is 11. The molecule has 2 aliphatic carbocycles. The lowest BCUT2D eigenvalue weighted by Gasteiger charge is -2.16. The van der Waals surface area contributed by atoms with Crippen molar-refractivity contribution in [2.45, 2.75) is 32.1 Å². The quantitative estimate of drug-likeness (QED) is 0.136. The molecule has 3 N–H and O–H groups in total. The van der Waals surface area contributed by atoms with Gasteiger partial charge in [0.05, 0.1) is 22.5 Å². The van der Waals surface area contributed by atoms with Gasteiger partial charge in [0.25, 0.3) is 11.1 Å².